The summed E-state index contributed by atoms with van der Waals surface area (Å²) in [4.78, 5) is 0. The van der Waals surface area contributed by atoms with Gasteiger partial charge in [0.1, 0.15) is 5.75 Å². The average molecular weight is 253 g/mol. The fraction of sp³-hybridized carbons (Fsp3) is 0.571. The van der Waals surface area contributed by atoms with Crippen LogP contribution in [0, 0.1) is 6.92 Å². The van der Waals surface area contributed by atoms with Crippen LogP contribution in [0.2, 0.25) is 0 Å². The van der Waals surface area contributed by atoms with Gasteiger partial charge >= 0.3 is 0 Å². The zero-order valence-corrected chi connectivity index (χ0v) is 11.8. The van der Waals surface area contributed by atoms with E-state index in [1.807, 2.05) is 0 Å². The summed E-state index contributed by atoms with van der Waals surface area (Å²) in [5.74, 6) is 2.02. The summed E-state index contributed by atoms with van der Waals surface area (Å²) in [5, 5.41) is 0. The van der Waals surface area contributed by atoms with E-state index in [9.17, 15) is 0 Å². The number of ether oxygens (including phenoxy) is 1. The number of aryl methyl sites for hydroxylation is 1. The summed E-state index contributed by atoms with van der Waals surface area (Å²) in [7, 11) is 0. The number of nitrogens with two attached hydrogens (primary N) is 1. The molecule has 96 valence electrons. The first-order valence-electron chi connectivity index (χ1n) is 6.14. The highest BCUT2D eigenvalue weighted by atomic mass is 32.2. The Bertz CT molecular complexity index is 341. The molecular formula is C14H23NOS. The van der Waals surface area contributed by atoms with Gasteiger partial charge in [-0.1, -0.05) is 24.6 Å². The molecule has 0 heterocycles. The molecule has 1 unspecified atom stereocenters. The minimum Gasteiger partial charge on any atom is -0.492 e. The van der Waals surface area contributed by atoms with Crippen LogP contribution < -0.4 is 10.5 Å². The topological polar surface area (TPSA) is 35.2 Å². The highest BCUT2D eigenvalue weighted by molar-refractivity contribution is 7.98. The van der Waals surface area contributed by atoms with Crippen molar-refractivity contribution in [2.45, 2.75) is 32.7 Å². The highest BCUT2D eigenvalue weighted by Gasteiger charge is 2.08. The first-order chi connectivity index (χ1) is 8.17. The third-order valence-electron chi connectivity index (χ3n) is 2.77. The van der Waals surface area contributed by atoms with Crippen molar-refractivity contribution < 1.29 is 4.74 Å². The molecule has 0 aliphatic carbocycles. The summed E-state index contributed by atoms with van der Waals surface area (Å²) in [6, 6.07) is 6.56. The van der Waals surface area contributed by atoms with Crippen LogP contribution in [-0.2, 0) is 6.42 Å². The number of hydrogen-bond acceptors (Lipinski definition) is 3. The molecule has 0 saturated heterocycles. The third-order valence-corrected chi connectivity index (χ3v) is 3.34. The Hall–Kier alpha value is -0.670. The standard InChI is InChI=1S/C14H23NOS/c1-4-13(15)10-12-9-11(2)5-6-14(12)16-7-8-17-3/h5-6,9,13H,4,7-8,10,15H2,1-3H3. The van der Waals surface area contributed by atoms with Crippen molar-refractivity contribution in [3.8, 4) is 5.75 Å². The molecule has 0 saturated carbocycles. The Morgan fingerprint density at radius 1 is 1.41 bits per heavy atom. The van der Waals surface area contributed by atoms with Gasteiger partial charge in [-0.2, -0.15) is 11.8 Å². The van der Waals surface area contributed by atoms with Gasteiger partial charge in [0.2, 0.25) is 0 Å². The van der Waals surface area contributed by atoms with Crippen molar-refractivity contribution in [2.24, 2.45) is 5.73 Å². The Morgan fingerprint density at radius 3 is 2.82 bits per heavy atom. The quantitative estimate of drug-likeness (QED) is 0.759. The summed E-state index contributed by atoms with van der Waals surface area (Å²) in [6.07, 6.45) is 3.98. The van der Waals surface area contributed by atoms with E-state index in [0.29, 0.717) is 0 Å². The van der Waals surface area contributed by atoms with E-state index >= 15 is 0 Å². The van der Waals surface area contributed by atoms with Crippen LogP contribution in [0.5, 0.6) is 5.75 Å². The predicted molar refractivity (Wildman–Crippen MR) is 77.0 cm³/mol. The molecule has 0 aromatic heterocycles. The molecule has 0 fully saturated rings. The lowest BCUT2D eigenvalue weighted by Gasteiger charge is -2.15. The molecule has 1 aromatic rings. The molecule has 3 heteroatoms. The van der Waals surface area contributed by atoms with E-state index in [1.54, 1.807) is 11.8 Å². The first kappa shape index (κ1) is 14.4. The molecule has 0 aliphatic heterocycles. The second-order valence-corrected chi connectivity index (χ2v) is 5.31. The van der Waals surface area contributed by atoms with Gasteiger partial charge in [-0.25, -0.2) is 0 Å². The minimum atomic E-state index is 0.222. The number of hydrogen-bond donors (Lipinski definition) is 1. The summed E-state index contributed by atoms with van der Waals surface area (Å²) >= 11 is 1.80. The Morgan fingerprint density at radius 2 is 2.18 bits per heavy atom. The summed E-state index contributed by atoms with van der Waals surface area (Å²) in [6.45, 7) is 4.99. The monoisotopic (exact) mass is 253 g/mol. The number of rotatable bonds is 7. The first-order valence-corrected chi connectivity index (χ1v) is 7.53. The lowest BCUT2D eigenvalue weighted by atomic mass is 10.0. The van der Waals surface area contributed by atoms with Gasteiger partial charge in [-0.3, -0.25) is 0 Å². The summed E-state index contributed by atoms with van der Waals surface area (Å²) < 4.78 is 5.80. The van der Waals surface area contributed by atoms with Crippen molar-refractivity contribution in [3.05, 3.63) is 29.3 Å². The van der Waals surface area contributed by atoms with E-state index in [0.717, 1.165) is 31.0 Å². The predicted octanol–water partition coefficient (Wildman–Crippen LogP) is 3.02. The van der Waals surface area contributed by atoms with E-state index in [2.05, 4.69) is 38.3 Å². The minimum absolute atomic E-state index is 0.222. The fourth-order valence-corrected chi connectivity index (χ4v) is 1.92. The number of thioether (sulfide) groups is 1. The summed E-state index contributed by atoms with van der Waals surface area (Å²) in [5.41, 5.74) is 8.52. The lowest BCUT2D eigenvalue weighted by Crippen LogP contribution is -2.22. The van der Waals surface area contributed by atoms with E-state index in [1.165, 1.54) is 11.1 Å². The molecule has 0 bridgehead atoms. The van der Waals surface area contributed by atoms with Crippen molar-refractivity contribution in [1.82, 2.24) is 0 Å². The maximum absolute atomic E-state index is 6.02. The molecule has 1 atom stereocenters. The zero-order valence-electron chi connectivity index (χ0n) is 11.0. The van der Waals surface area contributed by atoms with Gasteiger partial charge in [0.15, 0.2) is 0 Å². The van der Waals surface area contributed by atoms with Crippen molar-refractivity contribution in [2.75, 3.05) is 18.6 Å². The smallest absolute Gasteiger partial charge is 0.122 e. The van der Waals surface area contributed by atoms with Crippen molar-refractivity contribution in [1.29, 1.82) is 0 Å². The van der Waals surface area contributed by atoms with Gasteiger partial charge in [0.25, 0.3) is 0 Å². The molecule has 1 rings (SSSR count). The molecule has 2 N–H and O–H groups in total. The Balaban J connectivity index is 2.72. The van der Waals surface area contributed by atoms with E-state index in [4.69, 9.17) is 10.5 Å². The second kappa shape index (κ2) is 7.62. The number of benzene rings is 1. The molecular weight excluding hydrogens is 230 g/mol. The molecule has 1 aromatic carbocycles. The van der Waals surface area contributed by atoms with E-state index < -0.39 is 0 Å². The zero-order chi connectivity index (χ0) is 12.7. The average Bonchev–Trinajstić information content (AvgIpc) is 2.32. The van der Waals surface area contributed by atoms with E-state index in [-0.39, 0.29) is 6.04 Å². The molecule has 0 aliphatic rings. The lowest BCUT2D eigenvalue weighted by molar-refractivity contribution is 0.339. The van der Waals surface area contributed by atoms with Crippen LogP contribution in [0.15, 0.2) is 18.2 Å². The van der Waals surface area contributed by atoms with Crippen LogP contribution in [-0.4, -0.2) is 24.7 Å². The molecule has 0 amide bonds. The SMILES string of the molecule is CCC(N)Cc1cc(C)ccc1OCCSC. The molecule has 0 radical (unpaired) electrons. The Kier molecular flexibility index (Phi) is 6.45. The fourth-order valence-electron chi connectivity index (χ4n) is 1.67. The highest BCUT2D eigenvalue weighted by Crippen LogP contribution is 2.22. The van der Waals surface area contributed by atoms with Gasteiger partial charge in [0, 0.05) is 11.8 Å². The van der Waals surface area contributed by atoms with Crippen LogP contribution in [0.25, 0.3) is 0 Å². The molecule has 0 spiro atoms. The van der Waals surface area contributed by atoms with Crippen LogP contribution in [0.4, 0.5) is 0 Å². The van der Waals surface area contributed by atoms with Crippen molar-refractivity contribution >= 4 is 11.8 Å². The van der Waals surface area contributed by atoms with Gasteiger partial charge < -0.3 is 10.5 Å². The van der Waals surface area contributed by atoms with Gasteiger partial charge in [0.05, 0.1) is 6.61 Å². The molecule has 17 heavy (non-hydrogen) atoms. The van der Waals surface area contributed by atoms with Crippen LogP contribution in [0.3, 0.4) is 0 Å². The van der Waals surface area contributed by atoms with Crippen LogP contribution >= 0.6 is 11.8 Å². The van der Waals surface area contributed by atoms with Gasteiger partial charge in [-0.15, -0.1) is 0 Å². The van der Waals surface area contributed by atoms with Crippen molar-refractivity contribution in [3.63, 3.8) is 0 Å². The van der Waals surface area contributed by atoms with Gasteiger partial charge in [-0.05, 0) is 37.7 Å². The Labute approximate surface area is 109 Å². The normalized spacial score (nSPS) is 12.5. The second-order valence-electron chi connectivity index (χ2n) is 4.32. The molecule has 2 nitrogen and oxygen atoms in total. The largest absolute Gasteiger partial charge is 0.492 e. The van der Waals surface area contributed by atoms with Crippen LogP contribution in [0.1, 0.15) is 24.5 Å². The maximum atomic E-state index is 6.02. The third kappa shape index (κ3) is 5.00. The maximum Gasteiger partial charge on any atom is 0.122 e.